The second-order valence-corrected chi connectivity index (χ2v) is 5.83. The van der Waals surface area contributed by atoms with Crippen LogP contribution >= 0.6 is 15.9 Å². The largest absolute Gasteiger partial charge is 0.497 e. The van der Waals surface area contributed by atoms with Gasteiger partial charge in [0.1, 0.15) is 18.1 Å². The molecule has 3 rings (SSSR count). The number of rotatable bonds is 5. The standard InChI is InChI=1S/C17H15BrO6/c1-20-12-3-10(4-13(6-12)21-2)17(19)22-8-11-5-15-16(7-14(11)18)24-9-23-15/h3-7H,8-9H2,1-2H3. The molecule has 0 spiro atoms. The third-order valence-electron chi connectivity index (χ3n) is 3.49. The van der Waals surface area contributed by atoms with Crippen LogP contribution in [0.25, 0.3) is 0 Å². The normalized spacial score (nSPS) is 12.0. The Bertz CT molecular complexity index is 752. The van der Waals surface area contributed by atoms with Gasteiger partial charge in [0.05, 0.1) is 19.8 Å². The highest BCUT2D eigenvalue weighted by molar-refractivity contribution is 9.10. The Hall–Kier alpha value is -2.41. The maximum atomic E-state index is 12.3. The van der Waals surface area contributed by atoms with E-state index in [-0.39, 0.29) is 13.4 Å². The Labute approximate surface area is 147 Å². The van der Waals surface area contributed by atoms with E-state index in [1.54, 1.807) is 30.3 Å². The summed E-state index contributed by atoms with van der Waals surface area (Å²) >= 11 is 3.44. The van der Waals surface area contributed by atoms with Gasteiger partial charge in [-0.2, -0.15) is 0 Å². The predicted octanol–water partition coefficient (Wildman–Crippen LogP) is 3.55. The van der Waals surface area contributed by atoms with Crippen molar-refractivity contribution in [3.63, 3.8) is 0 Å². The molecular formula is C17H15BrO6. The minimum absolute atomic E-state index is 0.0928. The first-order chi connectivity index (χ1) is 11.6. The maximum Gasteiger partial charge on any atom is 0.338 e. The van der Waals surface area contributed by atoms with Crippen LogP contribution in [-0.4, -0.2) is 27.0 Å². The first kappa shape index (κ1) is 16.4. The molecule has 0 atom stereocenters. The Morgan fingerprint density at radius 3 is 2.29 bits per heavy atom. The van der Waals surface area contributed by atoms with Gasteiger partial charge in [-0.3, -0.25) is 0 Å². The lowest BCUT2D eigenvalue weighted by atomic mass is 10.2. The molecule has 0 bridgehead atoms. The summed E-state index contributed by atoms with van der Waals surface area (Å²) < 4.78 is 27.1. The molecule has 7 heteroatoms. The van der Waals surface area contributed by atoms with Crippen LogP contribution in [-0.2, 0) is 11.3 Å². The van der Waals surface area contributed by atoms with E-state index in [1.165, 1.54) is 14.2 Å². The van der Waals surface area contributed by atoms with Gasteiger partial charge >= 0.3 is 5.97 Å². The van der Waals surface area contributed by atoms with E-state index in [2.05, 4.69) is 15.9 Å². The molecule has 0 fully saturated rings. The van der Waals surface area contributed by atoms with Crippen LogP contribution in [0.1, 0.15) is 15.9 Å². The van der Waals surface area contributed by atoms with Gasteiger partial charge < -0.3 is 23.7 Å². The van der Waals surface area contributed by atoms with E-state index in [0.717, 1.165) is 10.0 Å². The topological polar surface area (TPSA) is 63.2 Å². The van der Waals surface area contributed by atoms with Crippen molar-refractivity contribution in [2.24, 2.45) is 0 Å². The monoisotopic (exact) mass is 394 g/mol. The molecule has 1 aliphatic heterocycles. The summed E-state index contributed by atoms with van der Waals surface area (Å²) in [6, 6.07) is 8.45. The number of carbonyl (C=O) groups excluding carboxylic acids is 1. The second-order valence-electron chi connectivity index (χ2n) is 4.97. The van der Waals surface area contributed by atoms with Crippen LogP contribution in [0.5, 0.6) is 23.0 Å². The molecule has 6 nitrogen and oxygen atoms in total. The van der Waals surface area contributed by atoms with E-state index in [9.17, 15) is 4.79 Å². The molecule has 0 saturated heterocycles. The molecule has 2 aromatic carbocycles. The fraction of sp³-hybridized carbons (Fsp3) is 0.235. The summed E-state index contributed by atoms with van der Waals surface area (Å²) in [6.45, 7) is 0.282. The minimum atomic E-state index is -0.475. The van der Waals surface area contributed by atoms with Crippen LogP contribution in [0.3, 0.4) is 0 Å². The van der Waals surface area contributed by atoms with Crippen LogP contribution < -0.4 is 18.9 Å². The first-order valence-corrected chi connectivity index (χ1v) is 7.88. The molecule has 24 heavy (non-hydrogen) atoms. The van der Waals surface area contributed by atoms with Crippen molar-refractivity contribution in [2.75, 3.05) is 21.0 Å². The summed E-state index contributed by atoms with van der Waals surface area (Å²) in [5.74, 6) is 1.86. The van der Waals surface area contributed by atoms with Crippen LogP contribution in [0, 0.1) is 0 Å². The Morgan fingerprint density at radius 1 is 1.04 bits per heavy atom. The van der Waals surface area contributed by atoms with Crippen molar-refractivity contribution in [2.45, 2.75) is 6.61 Å². The molecule has 1 aliphatic rings. The zero-order valence-electron chi connectivity index (χ0n) is 13.1. The van der Waals surface area contributed by atoms with Gasteiger partial charge in [-0.25, -0.2) is 4.79 Å². The van der Waals surface area contributed by atoms with E-state index >= 15 is 0 Å². The van der Waals surface area contributed by atoms with Gasteiger partial charge in [-0.15, -0.1) is 0 Å². The van der Waals surface area contributed by atoms with Gasteiger partial charge in [0.2, 0.25) is 6.79 Å². The Balaban J connectivity index is 1.74. The number of fused-ring (bicyclic) bond motifs is 1. The van der Waals surface area contributed by atoms with Crippen molar-refractivity contribution < 1.29 is 28.5 Å². The summed E-state index contributed by atoms with van der Waals surface area (Å²) in [7, 11) is 3.04. The molecule has 0 unspecified atom stereocenters. The van der Waals surface area contributed by atoms with Crippen molar-refractivity contribution in [3.05, 3.63) is 45.9 Å². The highest BCUT2D eigenvalue weighted by atomic mass is 79.9. The van der Waals surface area contributed by atoms with Gasteiger partial charge in [0.15, 0.2) is 11.5 Å². The van der Waals surface area contributed by atoms with Crippen molar-refractivity contribution in [1.29, 1.82) is 0 Å². The summed E-state index contributed by atoms with van der Waals surface area (Å²) in [5.41, 5.74) is 1.13. The first-order valence-electron chi connectivity index (χ1n) is 7.09. The number of carbonyl (C=O) groups is 1. The molecule has 126 valence electrons. The SMILES string of the molecule is COc1cc(OC)cc(C(=O)OCc2cc3c(cc2Br)OCO3)c1. The number of methoxy groups -OCH3 is 2. The lowest BCUT2D eigenvalue weighted by Gasteiger charge is -2.10. The summed E-state index contributed by atoms with van der Waals surface area (Å²) in [5, 5.41) is 0. The van der Waals surface area contributed by atoms with Crippen molar-refractivity contribution >= 4 is 21.9 Å². The molecule has 0 saturated carbocycles. The lowest BCUT2D eigenvalue weighted by molar-refractivity contribution is 0.0471. The number of hydrogen-bond acceptors (Lipinski definition) is 6. The fourth-order valence-corrected chi connectivity index (χ4v) is 2.66. The average Bonchev–Trinajstić information content (AvgIpc) is 3.05. The molecule has 2 aromatic rings. The van der Waals surface area contributed by atoms with Gasteiger partial charge in [0.25, 0.3) is 0 Å². The molecule has 0 amide bonds. The third-order valence-corrected chi connectivity index (χ3v) is 4.23. The molecule has 0 aromatic heterocycles. The number of esters is 1. The zero-order chi connectivity index (χ0) is 17.1. The number of halogens is 1. The fourth-order valence-electron chi connectivity index (χ4n) is 2.22. The third kappa shape index (κ3) is 3.41. The van der Waals surface area contributed by atoms with E-state index in [1.807, 2.05) is 0 Å². The van der Waals surface area contributed by atoms with Gasteiger partial charge in [-0.05, 0) is 24.3 Å². The Kier molecular flexibility index (Phi) is 4.80. The summed E-state index contributed by atoms with van der Waals surface area (Å²) in [6.07, 6.45) is 0. The van der Waals surface area contributed by atoms with Crippen LogP contribution in [0.4, 0.5) is 0 Å². The van der Waals surface area contributed by atoms with Crippen molar-refractivity contribution in [1.82, 2.24) is 0 Å². The average molecular weight is 395 g/mol. The second kappa shape index (κ2) is 7.00. The highest BCUT2D eigenvalue weighted by Gasteiger charge is 2.18. The molecule has 1 heterocycles. The van der Waals surface area contributed by atoms with Crippen molar-refractivity contribution in [3.8, 4) is 23.0 Å². The van der Waals surface area contributed by atoms with Gasteiger partial charge in [-0.1, -0.05) is 15.9 Å². The minimum Gasteiger partial charge on any atom is -0.497 e. The smallest absolute Gasteiger partial charge is 0.338 e. The molecule has 0 aliphatic carbocycles. The van der Waals surface area contributed by atoms with Crippen LogP contribution in [0.2, 0.25) is 0 Å². The lowest BCUT2D eigenvalue weighted by Crippen LogP contribution is -2.06. The molecular weight excluding hydrogens is 380 g/mol. The predicted molar refractivity (Wildman–Crippen MR) is 88.9 cm³/mol. The molecule has 0 N–H and O–H groups in total. The number of benzene rings is 2. The summed E-state index contributed by atoms with van der Waals surface area (Å²) in [4.78, 5) is 12.3. The maximum absolute atomic E-state index is 12.3. The highest BCUT2D eigenvalue weighted by Crippen LogP contribution is 2.37. The number of ether oxygens (including phenoxy) is 5. The van der Waals surface area contributed by atoms with E-state index < -0.39 is 5.97 Å². The Morgan fingerprint density at radius 2 is 1.67 bits per heavy atom. The zero-order valence-corrected chi connectivity index (χ0v) is 14.7. The van der Waals surface area contributed by atoms with E-state index in [4.69, 9.17) is 23.7 Å². The van der Waals surface area contributed by atoms with Crippen LogP contribution in [0.15, 0.2) is 34.8 Å². The van der Waals surface area contributed by atoms with E-state index in [0.29, 0.717) is 28.6 Å². The van der Waals surface area contributed by atoms with Gasteiger partial charge in [0, 0.05) is 16.1 Å². The molecule has 0 radical (unpaired) electrons. The number of hydrogen-bond donors (Lipinski definition) is 0. The quantitative estimate of drug-likeness (QED) is 0.722.